The Labute approximate surface area is 230 Å². The lowest BCUT2D eigenvalue weighted by molar-refractivity contribution is 0.0721. The fraction of sp³-hybridized carbons (Fsp3) is 0.344. The van der Waals surface area contributed by atoms with Gasteiger partial charge in [0.1, 0.15) is 0 Å². The Bertz CT molecular complexity index is 1420. The highest BCUT2D eigenvalue weighted by Crippen LogP contribution is 2.38. The van der Waals surface area contributed by atoms with Crippen molar-refractivity contribution in [2.24, 2.45) is 0 Å². The maximum atomic E-state index is 14.8. The number of ether oxygens (including phenoxy) is 2. The minimum atomic E-state index is -1.43. The molecule has 1 unspecified atom stereocenters. The van der Waals surface area contributed by atoms with E-state index in [9.17, 15) is 26.7 Å². The highest BCUT2D eigenvalue weighted by atomic mass is 19.2. The average molecular weight is 559 g/mol. The molecular weight excluding hydrogens is 527 g/mol. The molecule has 1 aliphatic carbocycles. The first-order valence-corrected chi connectivity index (χ1v) is 13.5. The molecule has 4 rings (SSSR count). The van der Waals surface area contributed by atoms with E-state index in [0.717, 1.165) is 37.0 Å². The molecule has 0 fully saturated rings. The first-order valence-electron chi connectivity index (χ1n) is 13.5. The molecule has 212 valence electrons. The van der Waals surface area contributed by atoms with Crippen LogP contribution >= 0.6 is 0 Å². The minimum absolute atomic E-state index is 0.197. The number of rotatable bonds is 10. The molecule has 0 bridgehead atoms. The van der Waals surface area contributed by atoms with Gasteiger partial charge in [-0.05, 0) is 85.1 Å². The molecule has 3 aromatic rings. The molecule has 0 spiro atoms. The lowest BCUT2D eigenvalue weighted by atomic mass is 9.82. The first-order chi connectivity index (χ1) is 19.2. The molecule has 0 aromatic heterocycles. The number of benzene rings is 3. The van der Waals surface area contributed by atoms with Gasteiger partial charge < -0.3 is 9.47 Å². The Kier molecular flexibility index (Phi) is 9.61. The number of allylic oxidation sites excluding steroid dienone is 2. The average Bonchev–Trinajstić information content (AvgIpc) is 2.95. The van der Waals surface area contributed by atoms with Gasteiger partial charge in [-0.25, -0.2) is 22.4 Å². The quantitative estimate of drug-likeness (QED) is 0.108. The zero-order valence-corrected chi connectivity index (χ0v) is 22.5. The van der Waals surface area contributed by atoms with Crippen molar-refractivity contribution < 1.29 is 36.2 Å². The van der Waals surface area contributed by atoms with Crippen molar-refractivity contribution in [1.29, 1.82) is 0 Å². The number of aryl methyl sites for hydroxylation is 1. The van der Waals surface area contributed by atoms with Crippen LogP contribution in [-0.4, -0.2) is 12.6 Å². The number of carbonyl (C=O) groups excluding carboxylic acids is 1. The van der Waals surface area contributed by atoms with Crippen molar-refractivity contribution in [3.8, 4) is 11.5 Å². The van der Waals surface area contributed by atoms with E-state index in [2.05, 4.69) is 6.92 Å². The van der Waals surface area contributed by atoms with Crippen molar-refractivity contribution in [3.05, 3.63) is 99.9 Å². The van der Waals surface area contributed by atoms with Crippen LogP contribution in [0.2, 0.25) is 0 Å². The standard InChI is InChI=1S/C32H31F5O3/c1-3-4-5-6-17-39-27-16-14-24(30(36)31(27)37)32(38)40-26-15-12-22(18-25(26)33)20-8-10-21(11-9-20)23-13-7-19(2)28(34)29(23)35/h7-8,12-16,18,21H,3-6,9-11,17H2,1-2H3. The maximum absolute atomic E-state index is 14.8. The summed E-state index contributed by atoms with van der Waals surface area (Å²) in [5.74, 6) is -7.45. The van der Waals surface area contributed by atoms with Gasteiger partial charge in [0.05, 0.1) is 12.2 Å². The van der Waals surface area contributed by atoms with Gasteiger partial charge in [0, 0.05) is 0 Å². The second-order valence-corrected chi connectivity index (χ2v) is 9.98. The summed E-state index contributed by atoms with van der Waals surface area (Å²) < 4.78 is 82.6. The van der Waals surface area contributed by atoms with Gasteiger partial charge in [-0.2, -0.15) is 4.39 Å². The Morgan fingerprint density at radius 3 is 2.35 bits per heavy atom. The lowest BCUT2D eigenvalue weighted by Gasteiger charge is -2.23. The fourth-order valence-electron chi connectivity index (χ4n) is 4.81. The van der Waals surface area contributed by atoms with Crippen LogP contribution in [0, 0.1) is 36.0 Å². The predicted molar refractivity (Wildman–Crippen MR) is 143 cm³/mol. The second-order valence-electron chi connectivity index (χ2n) is 9.98. The number of hydrogen-bond acceptors (Lipinski definition) is 3. The molecule has 3 aromatic carbocycles. The van der Waals surface area contributed by atoms with Gasteiger partial charge in [0.15, 0.2) is 34.8 Å². The van der Waals surface area contributed by atoms with Crippen LogP contribution in [-0.2, 0) is 0 Å². The van der Waals surface area contributed by atoms with Crippen LogP contribution in [0.15, 0.2) is 48.5 Å². The van der Waals surface area contributed by atoms with Crippen LogP contribution in [0.3, 0.4) is 0 Å². The third kappa shape index (κ3) is 6.54. The van der Waals surface area contributed by atoms with E-state index >= 15 is 0 Å². The third-order valence-electron chi connectivity index (χ3n) is 7.18. The molecule has 1 aliphatic rings. The molecule has 0 saturated heterocycles. The van der Waals surface area contributed by atoms with Crippen molar-refractivity contribution in [1.82, 2.24) is 0 Å². The Morgan fingerprint density at radius 1 is 0.875 bits per heavy atom. The largest absolute Gasteiger partial charge is 0.490 e. The van der Waals surface area contributed by atoms with Crippen molar-refractivity contribution >= 4 is 11.5 Å². The van der Waals surface area contributed by atoms with E-state index < -0.39 is 46.4 Å². The van der Waals surface area contributed by atoms with E-state index in [-0.39, 0.29) is 23.8 Å². The SMILES string of the molecule is CCCCCCOc1ccc(C(=O)Oc2ccc(C3=CCC(c4ccc(C)c(F)c4F)CC3)cc2F)c(F)c1F. The first kappa shape index (κ1) is 29.3. The van der Waals surface area contributed by atoms with E-state index in [4.69, 9.17) is 9.47 Å². The number of esters is 1. The molecule has 0 radical (unpaired) electrons. The van der Waals surface area contributed by atoms with E-state index in [1.165, 1.54) is 19.1 Å². The summed E-state index contributed by atoms with van der Waals surface area (Å²) in [7, 11) is 0. The molecule has 1 atom stereocenters. The van der Waals surface area contributed by atoms with Crippen LogP contribution < -0.4 is 9.47 Å². The van der Waals surface area contributed by atoms with Crippen LogP contribution in [0.5, 0.6) is 11.5 Å². The number of halogens is 5. The van der Waals surface area contributed by atoms with Crippen LogP contribution in [0.1, 0.15) is 84.8 Å². The third-order valence-corrected chi connectivity index (χ3v) is 7.18. The maximum Gasteiger partial charge on any atom is 0.346 e. The summed E-state index contributed by atoms with van der Waals surface area (Å²) in [5.41, 5.74) is 1.25. The van der Waals surface area contributed by atoms with Gasteiger partial charge in [0.2, 0.25) is 5.82 Å². The topological polar surface area (TPSA) is 35.5 Å². The van der Waals surface area contributed by atoms with Crippen molar-refractivity contribution in [3.63, 3.8) is 0 Å². The molecule has 40 heavy (non-hydrogen) atoms. The van der Waals surface area contributed by atoms with E-state index in [1.54, 1.807) is 18.2 Å². The molecule has 0 saturated carbocycles. The fourth-order valence-corrected chi connectivity index (χ4v) is 4.81. The number of carbonyl (C=O) groups is 1. The van der Waals surface area contributed by atoms with Gasteiger partial charge in [-0.1, -0.05) is 50.5 Å². The van der Waals surface area contributed by atoms with E-state index in [1.807, 2.05) is 6.08 Å². The normalized spacial score (nSPS) is 15.1. The Balaban J connectivity index is 1.41. The van der Waals surface area contributed by atoms with E-state index in [0.29, 0.717) is 36.8 Å². The molecule has 0 amide bonds. The highest BCUT2D eigenvalue weighted by molar-refractivity contribution is 5.91. The van der Waals surface area contributed by atoms with Crippen LogP contribution in [0.25, 0.3) is 5.57 Å². The number of hydrogen-bond donors (Lipinski definition) is 0. The Morgan fingerprint density at radius 2 is 1.65 bits per heavy atom. The number of unbranched alkanes of at least 4 members (excludes halogenated alkanes) is 3. The summed E-state index contributed by atoms with van der Waals surface area (Å²) in [6.45, 7) is 3.78. The summed E-state index contributed by atoms with van der Waals surface area (Å²) >= 11 is 0. The van der Waals surface area contributed by atoms with Gasteiger partial charge in [-0.15, -0.1) is 0 Å². The molecule has 8 heteroatoms. The summed E-state index contributed by atoms with van der Waals surface area (Å²) in [4.78, 5) is 12.5. The molecule has 3 nitrogen and oxygen atoms in total. The zero-order valence-electron chi connectivity index (χ0n) is 22.5. The smallest absolute Gasteiger partial charge is 0.346 e. The zero-order chi connectivity index (χ0) is 28.8. The summed E-state index contributed by atoms with van der Waals surface area (Å²) in [6.07, 6.45) is 7.01. The molecule has 0 aliphatic heterocycles. The molecular formula is C32H31F5O3. The van der Waals surface area contributed by atoms with Gasteiger partial charge in [0.25, 0.3) is 0 Å². The summed E-state index contributed by atoms with van der Waals surface area (Å²) in [5, 5.41) is 0. The Hall–Kier alpha value is -3.68. The van der Waals surface area contributed by atoms with Gasteiger partial charge >= 0.3 is 5.97 Å². The van der Waals surface area contributed by atoms with Gasteiger partial charge in [-0.3, -0.25) is 0 Å². The molecule has 0 heterocycles. The van der Waals surface area contributed by atoms with Crippen molar-refractivity contribution in [2.45, 2.75) is 64.7 Å². The second kappa shape index (κ2) is 13.1. The lowest BCUT2D eigenvalue weighted by Crippen LogP contribution is -2.13. The predicted octanol–water partition coefficient (Wildman–Crippen LogP) is 9.22. The molecule has 0 N–H and O–H groups in total. The summed E-state index contributed by atoms with van der Waals surface area (Å²) in [6, 6.07) is 9.33. The van der Waals surface area contributed by atoms with Crippen molar-refractivity contribution in [2.75, 3.05) is 6.61 Å². The monoisotopic (exact) mass is 558 g/mol. The minimum Gasteiger partial charge on any atom is -0.490 e. The van der Waals surface area contributed by atoms with Crippen LogP contribution in [0.4, 0.5) is 22.0 Å². The highest BCUT2D eigenvalue weighted by Gasteiger charge is 2.24.